The van der Waals surface area contributed by atoms with Gasteiger partial charge in [-0.3, -0.25) is 9.10 Å². The van der Waals surface area contributed by atoms with Crippen molar-refractivity contribution < 1.29 is 17.9 Å². The van der Waals surface area contributed by atoms with Crippen LogP contribution in [0.3, 0.4) is 0 Å². The molecule has 1 N–H and O–H groups in total. The van der Waals surface area contributed by atoms with Crippen molar-refractivity contribution in [3.05, 3.63) is 83.9 Å². The minimum absolute atomic E-state index is 0.145. The van der Waals surface area contributed by atoms with E-state index < -0.39 is 22.0 Å². The molecule has 1 atom stereocenters. The third kappa shape index (κ3) is 3.92. The first-order chi connectivity index (χ1) is 13.9. The van der Waals surface area contributed by atoms with E-state index in [-0.39, 0.29) is 11.4 Å². The normalized spacial score (nSPS) is 15.9. The monoisotopic (exact) mass is 428 g/mol. The molecule has 0 saturated carbocycles. The van der Waals surface area contributed by atoms with Gasteiger partial charge in [-0.25, -0.2) is 8.42 Å². The summed E-state index contributed by atoms with van der Waals surface area (Å²) in [6.45, 7) is -0.145. The van der Waals surface area contributed by atoms with Gasteiger partial charge in [0.05, 0.1) is 17.1 Å². The Bertz CT molecular complexity index is 1130. The molecule has 1 unspecified atom stereocenters. The Hall–Kier alpha value is -3.03. The van der Waals surface area contributed by atoms with E-state index in [1.54, 1.807) is 66.7 Å². The second-order valence-corrected chi connectivity index (χ2v) is 8.72. The van der Waals surface area contributed by atoms with Crippen molar-refractivity contribution in [2.45, 2.75) is 11.0 Å². The van der Waals surface area contributed by atoms with Gasteiger partial charge >= 0.3 is 0 Å². The Morgan fingerprint density at radius 2 is 1.62 bits per heavy atom. The van der Waals surface area contributed by atoms with Gasteiger partial charge < -0.3 is 10.1 Å². The van der Waals surface area contributed by atoms with Crippen LogP contribution in [0, 0.1) is 0 Å². The van der Waals surface area contributed by atoms with Gasteiger partial charge in [0, 0.05) is 10.7 Å². The van der Waals surface area contributed by atoms with Gasteiger partial charge in [0.1, 0.15) is 5.75 Å². The lowest BCUT2D eigenvalue weighted by Crippen LogP contribution is -2.48. The third-order valence-electron chi connectivity index (χ3n) is 4.47. The van der Waals surface area contributed by atoms with Crippen LogP contribution in [0.4, 0.5) is 11.4 Å². The van der Waals surface area contributed by atoms with E-state index in [9.17, 15) is 13.2 Å². The van der Waals surface area contributed by atoms with Crippen LogP contribution in [-0.2, 0) is 14.8 Å². The molecule has 0 fully saturated rings. The highest BCUT2D eigenvalue weighted by atomic mass is 35.5. The summed E-state index contributed by atoms with van der Waals surface area (Å²) in [6, 6.07) is 21.5. The number of fused-ring (bicyclic) bond motifs is 1. The molecule has 0 saturated heterocycles. The number of ether oxygens (including phenoxy) is 1. The van der Waals surface area contributed by atoms with E-state index in [0.29, 0.717) is 22.1 Å². The van der Waals surface area contributed by atoms with E-state index in [1.807, 2.05) is 0 Å². The number of nitrogens with zero attached hydrogens (tertiary/aromatic N) is 1. The van der Waals surface area contributed by atoms with Crippen molar-refractivity contribution in [3.63, 3.8) is 0 Å². The van der Waals surface area contributed by atoms with Crippen molar-refractivity contribution in [1.82, 2.24) is 0 Å². The molecule has 1 aliphatic rings. The van der Waals surface area contributed by atoms with Gasteiger partial charge in [0.2, 0.25) is 0 Å². The van der Waals surface area contributed by atoms with Gasteiger partial charge in [-0.15, -0.1) is 0 Å². The lowest BCUT2D eigenvalue weighted by Gasteiger charge is -2.34. The number of sulfonamides is 1. The predicted molar refractivity (Wildman–Crippen MR) is 112 cm³/mol. The van der Waals surface area contributed by atoms with Gasteiger partial charge in [0.15, 0.2) is 6.10 Å². The molecule has 1 amide bonds. The molecular weight excluding hydrogens is 412 g/mol. The molecule has 1 heterocycles. The summed E-state index contributed by atoms with van der Waals surface area (Å²) in [6.07, 6.45) is -1.01. The zero-order valence-corrected chi connectivity index (χ0v) is 16.7. The topological polar surface area (TPSA) is 75.7 Å². The minimum atomic E-state index is -3.86. The Morgan fingerprint density at radius 1 is 0.966 bits per heavy atom. The summed E-state index contributed by atoms with van der Waals surface area (Å²) in [4.78, 5) is 12.9. The number of nitrogens with one attached hydrogen (secondary N) is 1. The molecule has 3 aromatic carbocycles. The van der Waals surface area contributed by atoms with Gasteiger partial charge in [-0.05, 0) is 48.5 Å². The number of hydrogen-bond donors (Lipinski definition) is 1. The predicted octanol–water partition coefficient (Wildman–Crippen LogP) is 3.94. The standard InChI is InChI=1S/C21H17ClN2O4S/c22-15-10-12-16(13-11-15)23-21(25)20-14-24(18-8-4-5-9-19(18)28-20)29(26,27)17-6-2-1-3-7-17/h1-13,20H,14H2,(H,23,25). The van der Waals surface area contributed by atoms with Crippen molar-refractivity contribution in [1.29, 1.82) is 0 Å². The molecule has 0 spiro atoms. The Balaban J connectivity index is 1.66. The first-order valence-electron chi connectivity index (χ1n) is 8.85. The number of amides is 1. The summed E-state index contributed by atoms with van der Waals surface area (Å²) in [5, 5.41) is 3.28. The van der Waals surface area contributed by atoms with Crippen LogP contribution in [-0.4, -0.2) is 27.0 Å². The molecule has 1 aliphatic heterocycles. The van der Waals surface area contributed by atoms with E-state index in [0.717, 1.165) is 0 Å². The fraction of sp³-hybridized carbons (Fsp3) is 0.0952. The Kier molecular flexibility index (Phi) is 5.17. The van der Waals surface area contributed by atoms with Gasteiger partial charge in [0.25, 0.3) is 15.9 Å². The molecule has 0 aromatic heterocycles. The Labute approximate surface area is 173 Å². The summed E-state index contributed by atoms with van der Waals surface area (Å²) in [7, 11) is -3.86. The number of rotatable bonds is 4. The number of benzene rings is 3. The third-order valence-corrected chi connectivity index (χ3v) is 6.52. The van der Waals surface area contributed by atoms with E-state index in [2.05, 4.69) is 5.32 Å². The average Bonchev–Trinajstić information content (AvgIpc) is 2.75. The van der Waals surface area contributed by atoms with Gasteiger partial charge in [-0.2, -0.15) is 0 Å². The second kappa shape index (κ2) is 7.77. The van der Waals surface area contributed by atoms with Crippen LogP contribution < -0.4 is 14.4 Å². The first-order valence-corrected chi connectivity index (χ1v) is 10.7. The quantitative estimate of drug-likeness (QED) is 0.683. The molecule has 29 heavy (non-hydrogen) atoms. The summed E-state index contributed by atoms with van der Waals surface area (Å²) in [5.74, 6) is -0.121. The van der Waals surface area contributed by atoms with Crippen molar-refractivity contribution >= 4 is 38.9 Å². The lowest BCUT2D eigenvalue weighted by molar-refractivity contribution is -0.122. The Morgan fingerprint density at radius 3 is 2.34 bits per heavy atom. The lowest BCUT2D eigenvalue weighted by atomic mass is 10.2. The summed E-state index contributed by atoms with van der Waals surface area (Å²) < 4.78 is 33.5. The van der Waals surface area contributed by atoms with Crippen LogP contribution >= 0.6 is 11.6 Å². The minimum Gasteiger partial charge on any atom is -0.476 e. The molecule has 3 aromatic rings. The van der Waals surface area contributed by atoms with Crippen LogP contribution in [0.15, 0.2) is 83.8 Å². The number of carbonyl (C=O) groups excluding carboxylic acids is 1. The molecule has 0 radical (unpaired) electrons. The largest absolute Gasteiger partial charge is 0.476 e. The fourth-order valence-corrected chi connectivity index (χ4v) is 4.67. The fourth-order valence-electron chi connectivity index (χ4n) is 3.04. The molecule has 0 bridgehead atoms. The number of para-hydroxylation sites is 2. The SMILES string of the molecule is O=C(Nc1ccc(Cl)cc1)C1CN(S(=O)(=O)c2ccccc2)c2ccccc2O1. The molecule has 6 nitrogen and oxygen atoms in total. The highest BCUT2D eigenvalue weighted by Gasteiger charge is 2.37. The second-order valence-electron chi connectivity index (χ2n) is 6.42. The number of halogens is 1. The maximum atomic E-state index is 13.2. The first kappa shape index (κ1) is 19.3. The van der Waals surface area contributed by atoms with E-state index >= 15 is 0 Å². The highest BCUT2D eigenvalue weighted by molar-refractivity contribution is 7.92. The zero-order valence-electron chi connectivity index (χ0n) is 15.2. The molecule has 0 aliphatic carbocycles. The van der Waals surface area contributed by atoms with E-state index in [4.69, 9.17) is 16.3 Å². The average molecular weight is 429 g/mol. The molecule has 148 valence electrons. The van der Waals surface area contributed by atoms with Crippen LogP contribution in [0.2, 0.25) is 5.02 Å². The van der Waals surface area contributed by atoms with Crippen LogP contribution in [0.1, 0.15) is 0 Å². The molecule has 4 rings (SSSR count). The molecular formula is C21H17ClN2O4S. The van der Waals surface area contributed by atoms with Crippen LogP contribution in [0.25, 0.3) is 0 Å². The number of hydrogen-bond acceptors (Lipinski definition) is 4. The van der Waals surface area contributed by atoms with Gasteiger partial charge in [-0.1, -0.05) is 41.9 Å². The van der Waals surface area contributed by atoms with Crippen molar-refractivity contribution in [2.24, 2.45) is 0 Å². The summed E-state index contributed by atoms with van der Waals surface area (Å²) >= 11 is 5.87. The van der Waals surface area contributed by atoms with Crippen molar-refractivity contribution in [3.8, 4) is 5.75 Å². The van der Waals surface area contributed by atoms with Crippen molar-refractivity contribution in [2.75, 3.05) is 16.2 Å². The smallest absolute Gasteiger partial charge is 0.267 e. The maximum Gasteiger partial charge on any atom is 0.267 e. The summed E-state index contributed by atoms with van der Waals surface area (Å²) in [5.41, 5.74) is 0.936. The zero-order chi connectivity index (χ0) is 20.4. The number of anilines is 2. The van der Waals surface area contributed by atoms with E-state index in [1.165, 1.54) is 16.4 Å². The van der Waals surface area contributed by atoms with Crippen LogP contribution in [0.5, 0.6) is 5.75 Å². The molecule has 8 heteroatoms. The number of carbonyl (C=O) groups is 1. The highest BCUT2D eigenvalue weighted by Crippen LogP contribution is 2.36. The maximum absolute atomic E-state index is 13.2.